The van der Waals surface area contributed by atoms with E-state index in [2.05, 4.69) is 44.3 Å². The summed E-state index contributed by atoms with van der Waals surface area (Å²) >= 11 is 0. The van der Waals surface area contributed by atoms with E-state index < -0.39 is 0 Å². The topological polar surface area (TPSA) is 21.3 Å². The molecule has 1 aromatic carbocycles. The van der Waals surface area contributed by atoms with Gasteiger partial charge in [0, 0.05) is 0 Å². The molecule has 0 aliphatic rings. The van der Waals surface area contributed by atoms with Gasteiger partial charge in [0.05, 0.1) is 6.10 Å². The van der Waals surface area contributed by atoms with E-state index in [1.54, 1.807) is 0 Å². The highest BCUT2D eigenvalue weighted by Crippen LogP contribution is 2.23. The highest BCUT2D eigenvalue weighted by molar-refractivity contribution is 5.39. The summed E-state index contributed by atoms with van der Waals surface area (Å²) in [6.45, 7) is 7.29. The maximum atomic E-state index is 5.94. The highest BCUT2D eigenvalue weighted by Gasteiger charge is 2.07. The van der Waals surface area contributed by atoms with Crippen LogP contribution in [0.5, 0.6) is 5.75 Å². The Kier molecular flexibility index (Phi) is 4.63. The average molecular weight is 207 g/mol. The number of hydrogen-bond acceptors (Lipinski definition) is 2. The van der Waals surface area contributed by atoms with Crippen LogP contribution in [-0.2, 0) is 0 Å². The van der Waals surface area contributed by atoms with Crippen LogP contribution in [-0.4, -0.2) is 19.7 Å². The van der Waals surface area contributed by atoms with E-state index in [4.69, 9.17) is 4.74 Å². The van der Waals surface area contributed by atoms with Crippen molar-refractivity contribution in [2.75, 3.05) is 13.6 Å². The van der Waals surface area contributed by atoms with Crippen LogP contribution in [0.4, 0.5) is 0 Å². The minimum Gasteiger partial charge on any atom is -0.490 e. The molecule has 1 atom stereocenters. The van der Waals surface area contributed by atoms with Gasteiger partial charge in [-0.2, -0.15) is 0 Å². The number of benzene rings is 1. The molecular formula is C13H21NO. The van der Waals surface area contributed by atoms with Gasteiger partial charge in [-0.1, -0.05) is 18.2 Å². The Morgan fingerprint density at radius 1 is 1.27 bits per heavy atom. The Hall–Kier alpha value is -1.02. The maximum Gasteiger partial charge on any atom is 0.125 e. The van der Waals surface area contributed by atoms with Crippen molar-refractivity contribution in [3.8, 4) is 5.75 Å². The van der Waals surface area contributed by atoms with Gasteiger partial charge in [0.15, 0.2) is 0 Å². The second kappa shape index (κ2) is 5.76. The number of hydrogen-bond donors (Lipinski definition) is 1. The molecule has 0 saturated carbocycles. The van der Waals surface area contributed by atoms with E-state index >= 15 is 0 Å². The van der Waals surface area contributed by atoms with Gasteiger partial charge in [-0.15, -0.1) is 0 Å². The first-order valence-corrected chi connectivity index (χ1v) is 5.52. The van der Waals surface area contributed by atoms with Gasteiger partial charge in [0.25, 0.3) is 0 Å². The summed E-state index contributed by atoms with van der Waals surface area (Å²) in [7, 11) is 1.96. The molecule has 1 aromatic rings. The van der Waals surface area contributed by atoms with Gasteiger partial charge in [-0.3, -0.25) is 0 Å². The minimum absolute atomic E-state index is 0.261. The van der Waals surface area contributed by atoms with Crippen molar-refractivity contribution in [1.29, 1.82) is 0 Å². The monoisotopic (exact) mass is 207 g/mol. The third kappa shape index (κ3) is 3.56. The molecule has 0 aliphatic carbocycles. The van der Waals surface area contributed by atoms with Crippen molar-refractivity contribution in [1.82, 2.24) is 5.32 Å². The average Bonchev–Trinajstić information content (AvgIpc) is 2.21. The lowest BCUT2D eigenvalue weighted by atomic mass is 10.1. The van der Waals surface area contributed by atoms with Gasteiger partial charge in [-0.25, -0.2) is 0 Å². The smallest absolute Gasteiger partial charge is 0.125 e. The third-order valence-corrected chi connectivity index (χ3v) is 2.53. The van der Waals surface area contributed by atoms with Crippen molar-refractivity contribution in [2.24, 2.45) is 0 Å². The van der Waals surface area contributed by atoms with Crippen LogP contribution in [0, 0.1) is 13.8 Å². The quantitative estimate of drug-likeness (QED) is 0.801. The molecule has 15 heavy (non-hydrogen) atoms. The first-order chi connectivity index (χ1) is 7.15. The first kappa shape index (κ1) is 12.1. The number of nitrogens with one attached hydrogen (secondary N) is 1. The molecule has 1 rings (SSSR count). The molecule has 0 saturated heterocycles. The van der Waals surface area contributed by atoms with Crippen LogP contribution in [0.2, 0.25) is 0 Å². The normalized spacial score (nSPS) is 12.5. The van der Waals surface area contributed by atoms with E-state index in [9.17, 15) is 0 Å². The lowest BCUT2D eigenvalue weighted by Crippen LogP contribution is -2.20. The predicted molar refractivity (Wildman–Crippen MR) is 64.5 cm³/mol. The van der Waals surface area contributed by atoms with E-state index in [-0.39, 0.29) is 6.10 Å². The maximum absolute atomic E-state index is 5.94. The second-order valence-corrected chi connectivity index (χ2v) is 4.04. The van der Waals surface area contributed by atoms with E-state index in [1.807, 2.05) is 7.05 Å². The zero-order valence-corrected chi connectivity index (χ0v) is 10.1. The standard InChI is InChI=1S/C13H21NO/c1-10-6-5-7-11(2)13(10)15-12(3)8-9-14-4/h5-7,12,14H,8-9H2,1-4H3. The molecule has 0 heterocycles. The number of rotatable bonds is 5. The number of para-hydroxylation sites is 1. The summed E-state index contributed by atoms with van der Waals surface area (Å²) in [6.07, 6.45) is 1.29. The summed E-state index contributed by atoms with van der Waals surface area (Å²) in [5, 5.41) is 3.13. The van der Waals surface area contributed by atoms with Crippen LogP contribution in [0.25, 0.3) is 0 Å². The fourth-order valence-corrected chi connectivity index (χ4v) is 1.59. The fourth-order valence-electron chi connectivity index (χ4n) is 1.59. The van der Waals surface area contributed by atoms with Crippen molar-refractivity contribution in [3.05, 3.63) is 29.3 Å². The zero-order chi connectivity index (χ0) is 11.3. The molecule has 0 amide bonds. The van der Waals surface area contributed by atoms with Crippen LogP contribution in [0.1, 0.15) is 24.5 Å². The molecule has 1 unspecified atom stereocenters. The molecule has 1 N–H and O–H groups in total. The van der Waals surface area contributed by atoms with Gasteiger partial charge in [0.1, 0.15) is 5.75 Å². The van der Waals surface area contributed by atoms with Crippen molar-refractivity contribution >= 4 is 0 Å². The van der Waals surface area contributed by atoms with Crippen molar-refractivity contribution in [3.63, 3.8) is 0 Å². The second-order valence-electron chi connectivity index (χ2n) is 4.04. The number of aryl methyl sites for hydroxylation is 2. The van der Waals surface area contributed by atoms with E-state index in [1.165, 1.54) is 11.1 Å². The van der Waals surface area contributed by atoms with E-state index in [0.29, 0.717) is 0 Å². The van der Waals surface area contributed by atoms with Crippen molar-refractivity contribution < 1.29 is 4.74 Å². The Morgan fingerprint density at radius 3 is 2.40 bits per heavy atom. The SMILES string of the molecule is CNCCC(C)Oc1c(C)cccc1C. The predicted octanol–water partition coefficient (Wildman–Crippen LogP) is 2.68. The molecule has 2 heteroatoms. The van der Waals surface area contributed by atoms with E-state index in [0.717, 1.165) is 18.7 Å². The lowest BCUT2D eigenvalue weighted by Gasteiger charge is -2.18. The molecule has 0 bridgehead atoms. The van der Waals surface area contributed by atoms with Gasteiger partial charge < -0.3 is 10.1 Å². The molecule has 0 fully saturated rings. The summed E-state index contributed by atoms with van der Waals surface area (Å²) in [5.74, 6) is 1.04. The lowest BCUT2D eigenvalue weighted by molar-refractivity contribution is 0.208. The summed E-state index contributed by atoms with van der Waals surface area (Å²) in [5.41, 5.74) is 2.43. The van der Waals surface area contributed by atoms with Crippen LogP contribution in [0.3, 0.4) is 0 Å². The summed E-state index contributed by atoms with van der Waals surface area (Å²) < 4.78 is 5.94. The molecular weight excluding hydrogens is 186 g/mol. The molecule has 0 radical (unpaired) electrons. The van der Waals surface area contributed by atoms with Gasteiger partial charge >= 0.3 is 0 Å². The summed E-state index contributed by atoms with van der Waals surface area (Å²) in [6, 6.07) is 6.25. The third-order valence-electron chi connectivity index (χ3n) is 2.53. The fraction of sp³-hybridized carbons (Fsp3) is 0.538. The van der Waals surface area contributed by atoms with Crippen LogP contribution in [0.15, 0.2) is 18.2 Å². The largest absolute Gasteiger partial charge is 0.490 e. The minimum atomic E-state index is 0.261. The molecule has 0 aromatic heterocycles. The molecule has 0 spiro atoms. The Morgan fingerprint density at radius 2 is 1.87 bits per heavy atom. The van der Waals surface area contributed by atoms with Crippen LogP contribution < -0.4 is 10.1 Å². The highest BCUT2D eigenvalue weighted by atomic mass is 16.5. The van der Waals surface area contributed by atoms with Gasteiger partial charge in [0.2, 0.25) is 0 Å². The Bertz CT molecular complexity index is 289. The van der Waals surface area contributed by atoms with Crippen molar-refractivity contribution in [2.45, 2.75) is 33.3 Å². The first-order valence-electron chi connectivity index (χ1n) is 5.52. The number of ether oxygens (including phenoxy) is 1. The van der Waals surface area contributed by atoms with Crippen LogP contribution >= 0.6 is 0 Å². The Balaban J connectivity index is 2.63. The summed E-state index contributed by atoms with van der Waals surface area (Å²) in [4.78, 5) is 0. The Labute approximate surface area is 92.6 Å². The molecule has 0 aliphatic heterocycles. The van der Waals surface area contributed by atoms with Gasteiger partial charge in [-0.05, 0) is 51.9 Å². The molecule has 2 nitrogen and oxygen atoms in total. The zero-order valence-electron chi connectivity index (χ0n) is 10.1. The molecule has 84 valence electrons.